The number of nitrogens with one attached hydrogen (secondary N) is 1. The fourth-order valence-electron chi connectivity index (χ4n) is 2.62. The van der Waals surface area contributed by atoms with E-state index in [0.717, 1.165) is 32.2 Å². The van der Waals surface area contributed by atoms with Crippen LogP contribution in [-0.2, 0) is 9.53 Å². The molecule has 1 aromatic rings. The van der Waals surface area contributed by atoms with Gasteiger partial charge in [0.25, 0.3) is 0 Å². The Labute approximate surface area is 125 Å². The van der Waals surface area contributed by atoms with Crippen LogP contribution in [0.5, 0.6) is 0 Å². The minimum absolute atomic E-state index is 0.0256. The zero-order valence-electron chi connectivity index (χ0n) is 12.3. The molecule has 1 aromatic heterocycles. The van der Waals surface area contributed by atoms with Gasteiger partial charge in [-0.15, -0.1) is 0 Å². The molecule has 0 aromatic carbocycles. The number of carbonyl (C=O) groups excluding carboxylic acids is 1. The molecule has 2 unspecified atom stereocenters. The summed E-state index contributed by atoms with van der Waals surface area (Å²) in [5, 5.41) is 7.68. The van der Waals surface area contributed by atoms with Crippen molar-refractivity contribution >= 4 is 17.2 Å². The fraction of sp³-hybridized carbons (Fsp3) is 0.667. The van der Waals surface area contributed by atoms with Crippen molar-refractivity contribution in [3.8, 4) is 0 Å². The van der Waals surface area contributed by atoms with Gasteiger partial charge in [-0.1, -0.05) is 19.8 Å². The predicted molar refractivity (Wildman–Crippen MR) is 81.7 cm³/mol. The molecule has 5 heteroatoms. The lowest BCUT2D eigenvalue weighted by Crippen LogP contribution is -2.32. The van der Waals surface area contributed by atoms with E-state index in [1.54, 1.807) is 18.4 Å². The van der Waals surface area contributed by atoms with Gasteiger partial charge < -0.3 is 9.64 Å². The molecule has 2 atom stereocenters. The second-order valence-corrected chi connectivity index (χ2v) is 5.98. The number of carbonyl (C=O) groups is 1. The minimum atomic E-state index is -0.0256. The van der Waals surface area contributed by atoms with Gasteiger partial charge in [0.2, 0.25) is 5.91 Å². The van der Waals surface area contributed by atoms with Gasteiger partial charge in [-0.25, -0.2) is 0 Å². The van der Waals surface area contributed by atoms with E-state index >= 15 is 0 Å². The summed E-state index contributed by atoms with van der Waals surface area (Å²) in [7, 11) is 1.70. The third-order valence-electron chi connectivity index (χ3n) is 3.70. The zero-order chi connectivity index (χ0) is 14.4. The van der Waals surface area contributed by atoms with Crippen molar-refractivity contribution in [3.63, 3.8) is 0 Å². The van der Waals surface area contributed by atoms with Crippen LogP contribution in [0.2, 0.25) is 0 Å². The Kier molecular flexibility index (Phi) is 6.01. The van der Waals surface area contributed by atoms with Crippen molar-refractivity contribution in [2.75, 3.05) is 20.3 Å². The molecule has 2 heterocycles. The van der Waals surface area contributed by atoms with E-state index in [4.69, 9.17) is 4.74 Å². The summed E-state index contributed by atoms with van der Waals surface area (Å²) in [5.41, 5.74) is 1.19. The van der Waals surface area contributed by atoms with Crippen molar-refractivity contribution in [1.29, 1.82) is 0 Å². The van der Waals surface area contributed by atoms with Gasteiger partial charge in [0.05, 0.1) is 6.04 Å². The van der Waals surface area contributed by atoms with Crippen molar-refractivity contribution in [1.82, 2.24) is 10.2 Å². The van der Waals surface area contributed by atoms with Crippen LogP contribution in [0.25, 0.3) is 0 Å². The molecule has 1 N–H and O–H groups in total. The van der Waals surface area contributed by atoms with Crippen molar-refractivity contribution in [3.05, 3.63) is 22.4 Å². The van der Waals surface area contributed by atoms with Crippen LogP contribution in [0.1, 0.15) is 44.3 Å². The second kappa shape index (κ2) is 7.76. The summed E-state index contributed by atoms with van der Waals surface area (Å²) in [5.74, 6) is 0.241. The minimum Gasteiger partial charge on any atom is -0.385 e. The normalized spacial score (nSPS) is 22.7. The average Bonchev–Trinajstić information content (AvgIpc) is 3.07. The Balaban J connectivity index is 2.04. The number of unbranched alkanes of at least 4 members (excludes halogenated alkanes) is 1. The topological polar surface area (TPSA) is 41.6 Å². The molecule has 1 fully saturated rings. The molecule has 0 saturated carbocycles. The van der Waals surface area contributed by atoms with Crippen molar-refractivity contribution in [2.45, 2.75) is 44.8 Å². The van der Waals surface area contributed by atoms with Crippen LogP contribution < -0.4 is 5.32 Å². The van der Waals surface area contributed by atoms with Crippen LogP contribution >= 0.6 is 11.3 Å². The second-order valence-electron chi connectivity index (χ2n) is 5.20. The number of amides is 1. The Morgan fingerprint density at radius 1 is 1.45 bits per heavy atom. The standard InChI is InChI=1S/C15H24N2O2S/c1-3-4-6-13-15(18)17(8-5-9-19-2)14(16-13)12-7-10-20-11-12/h7,10-11,13-14,16H,3-6,8-9H2,1-2H3. The highest BCUT2D eigenvalue weighted by Crippen LogP contribution is 2.28. The molecular formula is C15H24N2O2S. The number of ether oxygens (including phenoxy) is 1. The first-order valence-electron chi connectivity index (χ1n) is 7.35. The van der Waals surface area contributed by atoms with Crippen LogP contribution in [0, 0.1) is 0 Å². The highest BCUT2D eigenvalue weighted by molar-refractivity contribution is 7.07. The molecule has 1 amide bonds. The maximum Gasteiger partial charge on any atom is 0.241 e. The maximum atomic E-state index is 12.5. The molecule has 0 radical (unpaired) electrons. The maximum absolute atomic E-state index is 12.5. The highest BCUT2D eigenvalue weighted by atomic mass is 32.1. The number of nitrogens with zero attached hydrogens (tertiary/aromatic N) is 1. The summed E-state index contributed by atoms with van der Waals surface area (Å²) in [6.45, 7) is 3.61. The molecule has 4 nitrogen and oxygen atoms in total. The van der Waals surface area contributed by atoms with E-state index < -0.39 is 0 Å². The average molecular weight is 296 g/mol. The molecular weight excluding hydrogens is 272 g/mol. The number of methoxy groups -OCH3 is 1. The first kappa shape index (κ1) is 15.5. The van der Waals surface area contributed by atoms with E-state index in [2.05, 4.69) is 29.1 Å². The van der Waals surface area contributed by atoms with Crippen LogP contribution in [0.4, 0.5) is 0 Å². The lowest BCUT2D eigenvalue weighted by Gasteiger charge is -2.23. The summed E-state index contributed by atoms with van der Waals surface area (Å²) in [6.07, 6.45) is 4.05. The third-order valence-corrected chi connectivity index (χ3v) is 4.41. The van der Waals surface area contributed by atoms with Gasteiger partial charge in [0.1, 0.15) is 6.17 Å². The van der Waals surface area contributed by atoms with Gasteiger partial charge in [-0.05, 0) is 35.2 Å². The third kappa shape index (κ3) is 3.59. The van der Waals surface area contributed by atoms with Crippen molar-refractivity contribution < 1.29 is 9.53 Å². The van der Waals surface area contributed by atoms with Gasteiger partial charge in [-0.3, -0.25) is 10.1 Å². The lowest BCUT2D eigenvalue weighted by atomic mass is 10.1. The molecule has 0 bridgehead atoms. The summed E-state index contributed by atoms with van der Waals surface area (Å²) in [4.78, 5) is 14.5. The zero-order valence-corrected chi connectivity index (χ0v) is 13.1. The predicted octanol–water partition coefficient (Wildman–Crippen LogP) is 2.77. The quantitative estimate of drug-likeness (QED) is 0.750. The number of hydrogen-bond acceptors (Lipinski definition) is 4. The number of rotatable bonds is 8. The highest BCUT2D eigenvalue weighted by Gasteiger charge is 2.38. The molecule has 1 aliphatic rings. The Morgan fingerprint density at radius 3 is 2.95 bits per heavy atom. The lowest BCUT2D eigenvalue weighted by molar-refractivity contribution is -0.130. The van der Waals surface area contributed by atoms with Crippen LogP contribution in [0.15, 0.2) is 16.8 Å². The van der Waals surface area contributed by atoms with E-state index in [-0.39, 0.29) is 18.1 Å². The van der Waals surface area contributed by atoms with Gasteiger partial charge in [0, 0.05) is 20.3 Å². The molecule has 1 aliphatic heterocycles. The summed E-state index contributed by atoms with van der Waals surface area (Å²) < 4.78 is 5.10. The van der Waals surface area contributed by atoms with Gasteiger partial charge >= 0.3 is 0 Å². The molecule has 0 spiro atoms. The smallest absolute Gasteiger partial charge is 0.241 e. The number of hydrogen-bond donors (Lipinski definition) is 1. The van der Waals surface area contributed by atoms with E-state index in [9.17, 15) is 4.79 Å². The van der Waals surface area contributed by atoms with Gasteiger partial charge in [0.15, 0.2) is 0 Å². The number of thiophene rings is 1. The van der Waals surface area contributed by atoms with E-state index in [0.29, 0.717) is 6.61 Å². The Hall–Kier alpha value is -0.910. The molecule has 112 valence electrons. The molecule has 2 rings (SSSR count). The van der Waals surface area contributed by atoms with Crippen LogP contribution in [-0.4, -0.2) is 37.1 Å². The first-order chi connectivity index (χ1) is 9.77. The summed E-state index contributed by atoms with van der Waals surface area (Å²) in [6, 6.07) is 2.07. The van der Waals surface area contributed by atoms with Crippen LogP contribution in [0.3, 0.4) is 0 Å². The van der Waals surface area contributed by atoms with E-state index in [1.165, 1.54) is 5.56 Å². The van der Waals surface area contributed by atoms with Crippen molar-refractivity contribution in [2.24, 2.45) is 0 Å². The Bertz CT molecular complexity index is 408. The monoisotopic (exact) mass is 296 g/mol. The Morgan fingerprint density at radius 2 is 2.30 bits per heavy atom. The first-order valence-corrected chi connectivity index (χ1v) is 8.29. The fourth-order valence-corrected chi connectivity index (χ4v) is 3.30. The van der Waals surface area contributed by atoms with E-state index in [1.807, 2.05) is 4.90 Å². The molecule has 20 heavy (non-hydrogen) atoms. The SMILES string of the molecule is CCCCC1NC(c2ccsc2)N(CCCOC)C1=O. The van der Waals surface area contributed by atoms with Gasteiger partial charge in [-0.2, -0.15) is 11.3 Å². The molecule has 1 saturated heterocycles. The summed E-state index contributed by atoms with van der Waals surface area (Å²) >= 11 is 1.67. The largest absolute Gasteiger partial charge is 0.385 e. The molecule has 0 aliphatic carbocycles.